The summed E-state index contributed by atoms with van der Waals surface area (Å²) in [6.45, 7) is 7.96. The highest BCUT2D eigenvalue weighted by Gasteiger charge is 2.10. The third-order valence-electron chi connectivity index (χ3n) is 6.32. The van der Waals surface area contributed by atoms with Crippen LogP contribution in [0.1, 0.15) is 109 Å². The van der Waals surface area contributed by atoms with Crippen LogP contribution < -0.4 is 5.32 Å². The van der Waals surface area contributed by atoms with E-state index >= 15 is 0 Å². The van der Waals surface area contributed by atoms with Gasteiger partial charge in [0.05, 0.1) is 0 Å². The van der Waals surface area contributed by atoms with Crippen molar-refractivity contribution in [2.75, 3.05) is 11.9 Å². The van der Waals surface area contributed by atoms with Crippen molar-refractivity contribution in [2.24, 2.45) is 0 Å². The van der Waals surface area contributed by atoms with E-state index in [9.17, 15) is 0 Å². The molecular formula is C28H45N. The maximum atomic E-state index is 3.82. The van der Waals surface area contributed by atoms with Crippen LogP contribution in [0.3, 0.4) is 0 Å². The van der Waals surface area contributed by atoms with E-state index in [1.807, 2.05) is 0 Å². The average molecular weight is 396 g/mol. The maximum absolute atomic E-state index is 3.82. The summed E-state index contributed by atoms with van der Waals surface area (Å²) >= 11 is 0. The van der Waals surface area contributed by atoms with Gasteiger partial charge in [0.2, 0.25) is 0 Å². The molecule has 2 aromatic carbocycles. The number of nitrogens with one attached hydrogen (secondary N) is 1. The first-order chi connectivity index (χ1) is 14.3. The second-order valence-corrected chi connectivity index (χ2v) is 8.63. The minimum absolute atomic E-state index is 1.10. The van der Waals surface area contributed by atoms with Crippen LogP contribution in [0.25, 0.3) is 10.8 Å². The first-order valence-electron chi connectivity index (χ1n) is 12.6. The van der Waals surface area contributed by atoms with Crippen molar-refractivity contribution in [3.8, 4) is 0 Å². The molecule has 0 saturated carbocycles. The normalized spacial score (nSPS) is 11.3. The first-order valence-corrected chi connectivity index (χ1v) is 12.6. The Bertz CT molecular complexity index is 688. The SMILES string of the molecule is CCCCCCCCCCCCCCNc1c(CC)c(CC)cc2ccccc12. The van der Waals surface area contributed by atoms with Crippen molar-refractivity contribution < 1.29 is 0 Å². The molecule has 0 unspecified atom stereocenters. The monoisotopic (exact) mass is 395 g/mol. The van der Waals surface area contributed by atoms with Crippen molar-refractivity contribution in [3.63, 3.8) is 0 Å². The smallest absolute Gasteiger partial charge is 0.0455 e. The predicted octanol–water partition coefficient (Wildman–Crippen LogP) is 9.08. The summed E-state index contributed by atoms with van der Waals surface area (Å²) < 4.78 is 0. The number of hydrogen-bond acceptors (Lipinski definition) is 1. The maximum Gasteiger partial charge on any atom is 0.0455 e. The number of fused-ring (bicyclic) bond motifs is 1. The van der Waals surface area contributed by atoms with E-state index in [1.54, 1.807) is 0 Å². The van der Waals surface area contributed by atoms with Crippen LogP contribution in [0.4, 0.5) is 5.69 Å². The first kappa shape index (κ1) is 23.8. The summed E-state index contributed by atoms with van der Waals surface area (Å²) in [5, 5.41) is 6.58. The van der Waals surface area contributed by atoms with Gasteiger partial charge in [-0.2, -0.15) is 0 Å². The van der Waals surface area contributed by atoms with Gasteiger partial charge >= 0.3 is 0 Å². The Kier molecular flexibility index (Phi) is 11.9. The average Bonchev–Trinajstić information content (AvgIpc) is 2.76. The highest BCUT2D eigenvalue weighted by Crippen LogP contribution is 2.31. The second-order valence-electron chi connectivity index (χ2n) is 8.63. The van der Waals surface area contributed by atoms with Gasteiger partial charge in [0, 0.05) is 17.6 Å². The van der Waals surface area contributed by atoms with E-state index in [0.29, 0.717) is 0 Å². The Balaban J connectivity index is 1.67. The third-order valence-corrected chi connectivity index (χ3v) is 6.32. The van der Waals surface area contributed by atoms with Gasteiger partial charge < -0.3 is 5.32 Å². The Hall–Kier alpha value is -1.50. The number of rotatable bonds is 16. The number of anilines is 1. The standard InChI is InChI=1S/C28H45N/c1-4-7-8-9-10-11-12-13-14-15-16-19-22-29-28-26(6-3)24(5-2)23-25-20-17-18-21-27(25)28/h17-18,20-21,23,29H,4-16,19,22H2,1-3H3. The van der Waals surface area contributed by atoms with Gasteiger partial charge in [0.1, 0.15) is 0 Å². The van der Waals surface area contributed by atoms with E-state index in [-0.39, 0.29) is 0 Å². The molecule has 2 aromatic rings. The largest absolute Gasteiger partial charge is 0.384 e. The Morgan fingerprint density at radius 3 is 1.83 bits per heavy atom. The van der Waals surface area contributed by atoms with Gasteiger partial charge in [0.15, 0.2) is 0 Å². The molecule has 0 aliphatic heterocycles. The predicted molar refractivity (Wildman–Crippen MR) is 132 cm³/mol. The lowest BCUT2D eigenvalue weighted by Crippen LogP contribution is -2.07. The van der Waals surface area contributed by atoms with E-state index in [0.717, 1.165) is 19.4 Å². The molecule has 0 amide bonds. The molecule has 1 N–H and O–H groups in total. The van der Waals surface area contributed by atoms with Crippen LogP contribution in [0.2, 0.25) is 0 Å². The van der Waals surface area contributed by atoms with Gasteiger partial charge in [-0.05, 0) is 35.8 Å². The van der Waals surface area contributed by atoms with Gasteiger partial charge in [-0.3, -0.25) is 0 Å². The second kappa shape index (κ2) is 14.5. The molecule has 0 saturated heterocycles. The Morgan fingerprint density at radius 1 is 0.655 bits per heavy atom. The van der Waals surface area contributed by atoms with Crippen molar-refractivity contribution in [1.82, 2.24) is 0 Å². The summed E-state index contributed by atoms with van der Waals surface area (Å²) in [5.41, 5.74) is 4.42. The molecular weight excluding hydrogens is 350 g/mol. The lowest BCUT2D eigenvalue weighted by Gasteiger charge is -2.18. The summed E-state index contributed by atoms with van der Waals surface area (Å²) in [5.74, 6) is 0. The van der Waals surface area contributed by atoms with Gasteiger partial charge in [-0.1, -0.05) is 122 Å². The fourth-order valence-electron chi connectivity index (χ4n) is 4.55. The molecule has 162 valence electrons. The Morgan fingerprint density at radius 2 is 1.24 bits per heavy atom. The van der Waals surface area contributed by atoms with Crippen LogP contribution >= 0.6 is 0 Å². The molecule has 29 heavy (non-hydrogen) atoms. The number of unbranched alkanes of at least 4 members (excludes halogenated alkanes) is 11. The lowest BCUT2D eigenvalue weighted by molar-refractivity contribution is 0.546. The van der Waals surface area contributed by atoms with E-state index in [4.69, 9.17) is 0 Å². The molecule has 0 spiro atoms. The summed E-state index contributed by atoms with van der Waals surface area (Å²) in [7, 11) is 0. The number of hydrogen-bond donors (Lipinski definition) is 1. The molecule has 1 nitrogen and oxygen atoms in total. The van der Waals surface area contributed by atoms with Crippen molar-refractivity contribution in [2.45, 2.75) is 111 Å². The van der Waals surface area contributed by atoms with Crippen molar-refractivity contribution in [3.05, 3.63) is 41.5 Å². The van der Waals surface area contributed by atoms with Gasteiger partial charge in [0.25, 0.3) is 0 Å². The summed E-state index contributed by atoms with van der Waals surface area (Å²) in [4.78, 5) is 0. The van der Waals surface area contributed by atoms with E-state index in [1.165, 1.54) is 105 Å². The molecule has 1 heteroatoms. The molecule has 0 atom stereocenters. The zero-order valence-electron chi connectivity index (χ0n) is 19.5. The molecule has 2 rings (SSSR count). The van der Waals surface area contributed by atoms with Crippen molar-refractivity contribution in [1.29, 1.82) is 0 Å². The highest BCUT2D eigenvalue weighted by molar-refractivity contribution is 5.96. The lowest BCUT2D eigenvalue weighted by atomic mass is 9.95. The van der Waals surface area contributed by atoms with Crippen LogP contribution in [0.5, 0.6) is 0 Å². The molecule has 0 aliphatic rings. The van der Waals surface area contributed by atoms with Crippen LogP contribution in [-0.2, 0) is 12.8 Å². The topological polar surface area (TPSA) is 12.0 Å². The Labute approximate surface area is 180 Å². The molecule has 0 fully saturated rings. The molecule has 0 heterocycles. The van der Waals surface area contributed by atoms with E-state index < -0.39 is 0 Å². The quantitative estimate of drug-likeness (QED) is 0.279. The number of benzene rings is 2. The minimum Gasteiger partial charge on any atom is -0.384 e. The van der Waals surface area contributed by atoms with Gasteiger partial charge in [-0.25, -0.2) is 0 Å². The zero-order valence-corrected chi connectivity index (χ0v) is 19.5. The van der Waals surface area contributed by atoms with Crippen LogP contribution in [0.15, 0.2) is 30.3 Å². The molecule has 0 aromatic heterocycles. The molecule has 0 bridgehead atoms. The third kappa shape index (κ3) is 8.03. The zero-order chi connectivity index (χ0) is 20.7. The van der Waals surface area contributed by atoms with Crippen molar-refractivity contribution >= 4 is 16.5 Å². The minimum atomic E-state index is 1.10. The highest BCUT2D eigenvalue weighted by atomic mass is 14.9. The fourth-order valence-corrected chi connectivity index (χ4v) is 4.55. The summed E-state index contributed by atoms with van der Waals surface area (Å²) in [6, 6.07) is 11.2. The van der Waals surface area contributed by atoms with Crippen LogP contribution in [-0.4, -0.2) is 6.54 Å². The molecule has 0 aliphatic carbocycles. The van der Waals surface area contributed by atoms with Crippen LogP contribution in [0, 0.1) is 0 Å². The number of aryl methyl sites for hydroxylation is 1. The fraction of sp³-hybridized carbons (Fsp3) is 0.643. The van der Waals surface area contributed by atoms with E-state index in [2.05, 4.69) is 56.4 Å². The summed E-state index contributed by atoms with van der Waals surface area (Å²) in [6.07, 6.45) is 19.1. The van der Waals surface area contributed by atoms with Gasteiger partial charge in [-0.15, -0.1) is 0 Å². The molecule has 0 radical (unpaired) electrons.